The van der Waals surface area contributed by atoms with Gasteiger partial charge in [-0.25, -0.2) is 0 Å². The molecule has 126 valence electrons. The number of nitro benzene ring substituents is 1. The number of nitrogens with one attached hydrogen (secondary N) is 1. The molecule has 0 spiro atoms. The normalized spacial score (nSPS) is 10.3. The first-order chi connectivity index (χ1) is 11.2. The number of aryl methyl sites for hydroxylation is 1. The van der Waals surface area contributed by atoms with E-state index in [1.165, 1.54) is 37.9 Å². The molecule has 1 amide bonds. The molecule has 0 fully saturated rings. The van der Waals surface area contributed by atoms with Crippen LogP contribution < -0.4 is 10.1 Å². The molecular formula is C13H13N5O6. The quantitative estimate of drug-likeness (QED) is 0.648. The highest BCUT2D eigenvalue weighted by molar-refractivity contribution is 6.06. The van der Waals surface area contributed by atoms with Crippen molar-refractivity contribution >= 4 is 23.0 Å². The highest BCUT2D eigenvalue weighted by Crippen LogP contribution is 2.27. The van der Waals surface area contributed by atoms with Gasteiger partial charge in [-0.05, 0) is 6.92 Å². The molecule has 11 heteroatoms. The van der Waals surface area contributed by atoms with Crippen LogP contribution in [0.4, 0.5) is 17.1 Å². The van der Waals surface area contributed by atoms with Gasteiger partial charge in [0, 0.05) is 19.2 Å². The average molecular weight is 335 g/mol. The van der Waals surface area contributed by atoms with Gasteiger partial charge in [-0.3, -0.25) is 29.7 Å². The molecule has 0 aliphatic carbocycles. The second kappa shape index (κ2) is 6.32. The second-order valence-electron chi connectivity index (χ2n) is 4.79. The van der Waals surface area contributed by atoms with Crippen LogP contribution in [-0.4, -0.2) is 32.6 Å². The van der Waals surface area contributed by atoms with E-state index < -0.39 is 21.4 Å². The van der Waals surface area contributed by atoms with Gasteiger partial charge in [-0.15, -0.1) is 0 Å². The van der Waals surface area contributed by atoms with Crippen LogP contribution >= 0.6 is 0 Å². The van der Waals surface area contributed by atoms with E-state index >= 15 is 0 Å². The molecule has 24 heavy (non-hydrogen) atoms. The van der Waals surface area contributed by atoms with Crippen LogP contribution in [0.15, 0.2) is 18.2 Å². The number of aromatic nitrogens is 2. The van der Waals surface area contributed by atoms with Crippen LogP contribution in [-0.2, 0) is 7.05 Å². The Morgan fingerprint density at radius 1 is 1.25 bits per heavy atom. The first-order valence-electron chi connectivity index (χ1n) is 6.57. The van der Waals surface area contributed by atoms with E-state index in [-0.39, 0.29) is 28.5 Å². The lowest BCUT2D eigenvalue weighted by atomic mass is 10.2. The van der Waals surface area contributed by atoms with Crippen LogP contribution in [0.25, 0.3) is 0 Å². The number of carbonyl (C=O) groups is 1. The van der Waals surface area contributed by atoms with Gasteiger partial charge < -0.3 is 10.1 Å². The summed E-state index contributed by atoms with van der Waals surface area (Å²) in [5, 5.41) is 28.2. The smallest absolute Gasteiger partial charge is 0.322 e. The predicted octanol–water partition coefficient (Wildman–Crippen LogP) is 1.81. The lowest BCUT2D eigenvalue weighted by Gasteiger charge is -2.06. The van der Waals surface area contributed by atoms with Crippen LogP contribution in [0.1, 0.15) is 16.2 Å². The van der Waals surface area contributed by atoms with Crippen molar-refractivity contribution in [2.45, 2.75) is 6.92 Å². The molecule has 2 rings (SSSR count). The van der Waals surface area contributed by atoms with E-state index in [2.05, 4.69) is 10.4 Å². The second-order valence-corrected chi connectivity index (χ2v) is 4.79. The standard InChI is InChI=1S/C13H13N5O6/c1-7-12(18(22)23)11(15-16(7)2)13(19)14-8-4-9(17(20)21)6-10(5-8)24-3/h4-6H,1-3H3,(H,14,19). The van der Waals surface area contributed by atoms with Gasteiger partial charge in [0.05, 0.1) is 28.7 Å². The third kappa shape index (κ3) is 3.14. The van der Waals surface area contributed by atoms with E-state index in [0.717, 1.165) is 6.07 Å². The molecule has 0 aliphatic rings. The number of anilines is 1. The highest BCUT2D eigenvalue weighted by atomic mass is 16.6. The number of benzene rings is 1. The predicted molar refractivity (Wildman–Crippen MR) is 82.2 cm³/mol. The van der Waals surface area contributed by atoms with Gasteiger partial charge in [0.25, 0.3) is 11.6 Å². The Kier molecular flexibility index (Phi) is 4.44. The summed E-state index contributed by atoms with van der Waals surface area (Å²) in [7, 11) is 2.78. The Morgan fingerprint density at radius 3 is 2.46 bits per heavy atom. The molecule has 0 unspecified atom stereocenters. The van der Waals surface area contributed by atoms with Gasteiger partial charge in [0.1, 0.15) is 11.4 Å². The van der Waals surface area contributed by atoms with Crippen molar-refractivity contribution in [1.82, 2.24) is 9.78 Å². The fourth-order valence-corrected chi connectivity index (χ4v) is 2.04. The van der Waals surface area contributed by atoms with Gasteiger partial charge in [0.2, 0.25) is 5.69 Å². The van der Waals surface area contributed by atoms with Crippen LogP contribution in [0.5, 0.6) is 5.75 Å². The summed E-state index contributed by atoms with van der Waals surface area (Å²) >= 11 is 0. The maximum atomic E-state index is 12.3. The summed E-state index contributed by atoms with van der Waals surface area (Å²) in [6.45, 7) is 1.46. The summed E-state index contributed by atoms with van der Waals surface area (Å²) in [5.74, 6) is -0.695. The van der Waals surface area contributed by atoms with Crippen LogP contribution in [0.2, 0.25) is 0 Å². The average Bonchev–Trinajstić information content (AvgIpc) is 2.82. The summed E-state index contributed by atoms with van der Waals surface area (Å²) in [4.78, 5) is 33.0. The zero-order valence-corrected chi connectivity index (χ0v) is 13.0. The molecule has 0 atom stereocenters. The number of hydrogen-bond acceptors (Lipinski definition) is 7. The van der Waals surface area contributed by atoms with E-state index in [1.807, 2.05) is 0 Å². The number of rotatable bonds is 5. The zero-order valence-electron chi connectivity index (χ0n) is 13.0. The third-order valence-electron chi connectivity index (χ3n) is 3.30. The molecule has 0 aliphatic heterocycles. The maximum absolute atomic E-state index is 12.3. The number of ether oxygens (including phenoxy) is 1. The van der Waals surface area contributed by atoms with Crippen molar-refractivity contribution in [3.05, 3.63) is 49.8 Å². The van der Waals surface area contributed by atoms with Crippen molar-refractivity contribution in [2.75, 3.05) is 12.4 Å². The van der Waals surface area contributed by atoms with Crippen molar-refractivity contribution < 1.29 is 19.4 Å². The molecule has 1 heterocycles. The monoisotopic (exact) mass is 335 g/mol. The zero-order chi connectivity index (χ0) is 18.0. The summed E-state index contributed by atoms with van der Waals surface area (Å²) in [5.41, 5.74) is -0.834. The number of nitro groups is 2. The van der Waals surface area contributed by atoms with E-state index in [1.54, 1.807) is 0 Å². The van der Waals surface area contributed by atoms with Crippen molar-refractivity contribution in [3.8, 4) is 5.75 Å². The molecule has 11 nitrogen and oxygen atoms in total. The van der Waals surface area contributed by atoms with Crippen LogP contribution in [0.3, 0.4) is 0 Å². The molecule has 0 radical (unpaired) electrons. The topological polar surface area (TPSA) is 142 Å². The Balaban J connectivity index is 2.40. The highest BCUT2D eigenvalue weighted by Gasteiger charge is 2.29. The van der Waals surface area contributed by atoms with Crippen LogP contribution in [0, 0.1) is 27.2 Å². The van der Waals surface area contributed by atoms with Crippen molar-refractivity contribution in [1.29, 1.82) is 0 Å². The van der Waals surface area contributed by atoms with Gasteiger partial charge >= 0.3 is 5.69 Å². The first-order valence-corrected chi connectivity index (χ1v) is 6.57. The van der Waals surface area contributed by atoms with Gasteiger partial charge in [-0.1, -0.05) is 0 Å². The molecule has 2 aromatic rings. The van der Waals surface area contributed by atoms with E-state index in [9.17, 15) is 25.0 Å². The molecular weight excluding hydrogens is 322 g/mol. The van der Waals surface area contributed by atoms with Gasteiger partial charge in [0.15, 0.2) is 0 Å². The molecule has 0 saturated carbocycles. The maximum Gasteiger partial charge on any atom is 0.322 e. The Morgan fingerprint density at radius 2 is 1.92 bits per heavy atom. The van der Waals surface area contributed by atoms with Gasteiger partial charge in [-0.2, -0.15) is 5.10 Å². The Hall–Kier alpha value is -3.50. The molecule has 1 aromatic heterocycles. The van der Waals surface area contributed by atoms with Crippen molar-refractivity contribution in [2.24, 2.45) is 7.05 Å². The minimum absolute atomic E-state index is 0.0589. The number of hydrogen-bond donors (Lipinski definition) is 1. The largest absolute Gasteiger partial charge is 0.496 e. The summed E-state index contributed by atoms with van der Waals surface area (Å²) in [6, 6.07) is 3.65. The molecule has 0 bridgehead atoms. The molecule has 1 aromatic carbocycles. The first kappa shape index (κ1) is 16.9. The lowest BCUT2D eigenvalue weighted by molar-refractivity contribution is -0.385. The van der Waals surface area contributed by atoms with E-state index in [0.29, 0.717) is 0 Å². The van der Waals surface area contributed by atoms with E-state index in [4.69, 9.17) is 4.74 Å². The molecule has 1 N–H and O–H groups in total. The summed E-state index contributed by atoms with van der Waals surface area (Å²) < 4.78 is 6.14. The number of non-ortho nitro benzene ring substituents is 1. The SMILES string of the molecule is COc1cc(NC(=O)c2nn(C)c(C)c2[N+](=O)[O-])cc([N+](=O)[O-])c1. The third-order valence-corrected chi connectivity index (χ3v) is 3.30. The van der Waals surface area contributed by atoms with Crippen molar-refractivity contribution in [3.63, 3.8) is 0 Å². The molecule has 0 saturated heterocycles. The minimum atomic E-state index is -0.854. The summed E-state index contributed by atoms with van der Waals surface area (Å²) in [6.07, 6.45) is 0. The number of carbonyl (C=O) groups excluding carboxylic acids is 1. The lowest BCUT2D eigenvalue weighted by Crippen LogP contribution is -2.14. The Labute approximate surface area is 135 Å². The fourth-order valence-electron chi connectivity index (χ4n) is 2.04. The Bertz CT molecular complexity index is 844. The minimum Gasteiger partial charge on any atom is -0.496 e. The number of methoxy groups -OCH3 is 1. The fraction of sp³-hybridized carbons (Fsp3) is 0.231. The number of nitrogens with zero attached hydrogens (tertiary/aromatic N) is 4. The number of amides is 1.